The van der Waals surface area contributed by atoms with E-state index in [1.54, 1.807) is 6.92 Å². The first-order valence-corrected chi connectivity index (χ1v) is 4.29. The second-order valence-electron chi connectivity index (χ2n) is 2.98. The number of nitrogens with one attached hydrogen (secondary N) is 1. The molecule has 0 amide bonds. The quantitative estimate of drug-likeness (QED) is 0.478. The van der Waals surface area contributed by atoms with E-state index in [1.165, 1.54) is 0 Å². The van der Waals surface area contributed by atoms with Gasteiger partial charge in [-0.25, -0.2) is 0 Å². The minimum absolute atomic E-state index is 0.0672. The lowest BCUT2D eigenvalue weighted by Gasteiger charge is -2.31. The van der Waals surface area contributed by atoms with Crippen LogP contribution in [0.1, 0.15) is 13.8 Å². The maximum absolute atomic E-state index is 9.76. The molecule has 0 aromatic heterocycles. The molecule has 0 radical (unpaired) electrons. The van der Waals surface area contributed by atoms with Gasteiger partial charge in [-0.05, 0) is 20.9 Å². The molecule has 4 N–H and O–H groups in total. The van der Waals surface area contributed by atoms with Crippen LogP contribution >= 0.6 is 0 Å². The van der Waals surface area contributed by atoms with E-state index < -0.39 is 5.79 Å². The molecule has 0 aliphatic carbocycles. The van der Waals surface area contributed by atoms with Crippen molar-refractivity contribution in [2.45, 2.75) is 19.6 Å². The fourth-order valence-corrected chi connectivity index (χ4v) is 1.15. The van der Waals surface area contributed by atoms with Crippen LogP contribution in [0.2, 0.25) is 0 Å². The Hall–Kier alpha value is -0.160. The van der Waals surface area contributed by atoms with E-state index in [-0.39, 0.29) is 5.92 Å². The zero-order valence-corrected chi connectivity index (χ0v) is 8.13. The molecule has 0 bridgehead atoms. The van der Waals surface area contributed by atoms with Crippen molar-refractivity contribution in [2.75, 3.05) is 26.7 Å². The molecule has 2 unspecified atom stereocenters. The van der Waals surface area contributed by atoms with Gasteiger partial charge >= 0.3 is 0 Å². The van der Waals surface area contributed by atoms with Crippen molar-refractivity contribution in [1.29, 1.82) is 0 Å². The Bertz CT molecular complexity index is 118. The van der Waals surface area contributed by atoms with Crippen molar-refractivity contribution < 1.29 is 9.84 Å². The van der Waals surface area contributed by atoms with Gasteiger partial charge in [-0.15, -0.1) is 0 Å². The molecule has 4 heteroatoms. The Morgan fingerprint density at radius 2 is 2.25 bits per heavy atom. The Morgan fingerprint density at radius 3 is 2.58 bits per heavy atom. The van der Waals surface area contributed by atoms with Gasteiger partial charge in [0.1, 0.15) is 0 Å². The third kappa shape index (κ3) is 3.49. The molecule has 0 spiro atoms. The van der Waals surface area contributed by atoms with Crippen LogP contribution < -0.4 is 11.1 Å². The second-order valence-corrected chi connectivity index (χ2v) is 2.98. The van der Waals surface area contributed by atoms with Crippen LogP contribution in [0.25, 0.3) is 0 Å². The fourth-order valence-electron chi connectivity index (χ4n) is 1.15. The minimum Gasteiger partial charge on any atom is -0.365 e. The zero-order valence-electron chi connectivity index (χ0n) is 8.13. The summed E-state index contributed by atoms with van der Waals surface area (Å²) in [5.41, 5.74) is 5.50. The Morgan fingerprint density at radius 1 is 1.67 bits per heavy atom. The van der Waals surface area contributed by atoms with Gasteiger partial charge in [-0.2, -0.15) is 0 Å². The third-order valence-corrected chi connectivity index (χ3v) is 1.93. The molecule has 0 aliphatic heterocycles. The molecular weight excluding hydrogens is 156 g/mol. The van der Waals surface area contributed by atoms with Gasteiger partial charge in [-0.1, -0.05) is 0 Å². The van der Waals surface area contributed by atoms with Gasteiger partial charge < -0.3 is 20.9 Å². The van der Waals surface area contributed by atoms with Crippen LogP contribution in [0.3, 0.4) is 0 Å². The summed E-state index contributed by atoms with van der Waals surface area (Å²) in [4.78, 5) is 0. The van der Waals surface area contributed by atoms with E-state index in [4.69, 9.17) is 10.5 Å². The first-order chi connectivity index (χ1) is 5.58. The highest BCUT2D eigenvalue weighted by Crippen LogP contribution is 2.16. The van der Waals surface area contributed by atoms with Gasteiger partial charge in [0.05, 0.1) is 0 Å². The molecule has 0 saturated carbocycles. The Labute approximate surface area is 74.1 Å². The highest BCUT2D eigenvalue weighted by Gasteiger charge is 2.30. The van der Waals surface area contributed by atoms with E-state index in [9.17, 15) is 5.11 Å². The molecule has 0 aromatic carbocycles. The van der Waals surface area contributed by atoms with Crippen LogP contribution in [0.5, 0.6) is 0 Å². The third-order valence-electron chi connectivity index (χ3n) is 1.93. The summed E-state index contributed by atoms with van der Waals surface area (Å²) >= 11 is 0. The summed E-state index contributed by atoms with van der Waals surface area (Å²) in [5.74, 6) is -1.19. The fraction of sp³-hybridized carbons (Fsp3) is 1.00. The lowest BCUT2D eigenvalue weighted by Crippen LogP contribution is -2.46. The minimum atomic E-state index is -1.12. The molecule has 12 heavy (non-hydrogen) atoms. The zero-order chi connectivity index (χ0) is 9.61. The van der Waals surface area contributed by atoms with Crippen molar-refractivity contribution in [3.63, 3.8) is 0 Å². The lowest BCUT2D eigenvalue weighted by atomic mass is 10.0. The summed E-state index contributed by atoms with van der Waals surface area (Å²) in [6.45, 7) is 5.05. The van der Waals surface area contributed by atoms with Crippen LogP contribution in [0.15, 0.2) is 0 Å². The van der Waals surface area contributed by atoms with E-state index in [0.29, 0.717) is 19.7 Å². The van der Waals surface area contributed by atoms with E-state index >= 15 is 0 Å². The summed E-state index contributed by atoms with van der Waals surface area (Å²) in [5, 5.41) is 12.7. The lowest BCUT2D eigenvalue weighted by molar-refractivity contribution is -0.218. The molecule has 2 atom stereocenters. The molecule has 74 valence electrons. The number of aliphatic hydroxyl groups is 1. The predicted molar refractivity (Wildman–Crippen MR) is 48.7 cm³/mol. The highest BCUT2D eigenvalue weighted by molar-refractivity contribution is 4.75. The van der Waals surface area contributed by atoms with Crippen LogP contribution in [0, 0.1) is 5.92 Å². The molecular formula is C8H20N2O2. The smallest absolute Gasteiger partial charge is 0.167 e. The number of ether oxygens (including phenoxy) is 1. The predicted octanol–water partition coefficient (Wildman–Crippen LogP) is -0.474. The number of hydrogen-bond acceptors (Lipinski definition) is 4. The Balaban J connectivity index is 4.05. The molecule has 0 aromatic rings. The number of nitrogens with two attached hydrogens (primary N) is 1. The van der Waals surface area contributed by atoms with E-state index in [0.717, 1.165) is 0 Å². The van der Waals surface area contributed by atoms with Crippen molar-refractivity contribution in [3.8, 4) is 0 Å². The first-order valence-electron chi connectivity index (χ1n) is 4.29. The SMILES string of the molecule is CCOC(C)(O)C(CN)CNC. The van der Waals surface area contributed by atoms with Gasteiger partial charge in [0.2, 0.25) is 0 Å². The second kappa shape index (κ2) is 5.48. The largest absolute Gasteiger partial charge is 0.365 e. The summed E-state index contributed by atoms with van der Waals surface area (Å²) in [7, 11) is 1.82. The summed E-state index contributed by atoms with van der Waals surface area (Å²) in [6, 6.07) is 0. The highest BCUT2D eigenvalue weighted by atomic mass is 16.6. The van der Waals surface area contributed by atoms with Crippen molar-refractivity contribution in [1.82, 2.24) is 5.32 Å². The molecule has 4 nitrogen and oxygen atoms in total. The monoisotopic (exact) mass is 176 g/mol. The molecule has 0 rings (SSSR count). The maximum atomic E-state index is 9.76. The maximum Gasteiger partial charge on any atom is 0.167 e. The Kier molecular flexibility index (Phi) is 5.41. The average Bonchev–Trinajstić information content (AvgIpc) is 1.99. The van der Waals surface area contributed by atoms with Gasteiger partial charge in [0.25, 0.3) is 0 Å². The van der Waals surface area contributed by atoms with Crippen molar-refractivity contribution >= 4 is 0 Å². The van der Waals surface area contributed by atoms with Crippen LogP contribution in [0.4, 0.5) is 0 Å². The molecule has 0 saturated heterocycles. The number of rotatable bonds is 6. The topological polar surface area (TPSA) is 67.5 Å². The average molecular weight is 176 g/mol. The summed E-state index contributed by atoms with van der Waals surface area (Å²) < 4.78 is 5.17. The van der Waals surface area contributed by atoms with Gasteiger partial charge in [-0.3, -0.25) is 0 Å². The standard InChI is InChI=1S/C8H20N2O2/c1-4-12-8(2,11)7(5-9)6-10-3/h7,10-11H,4-6,9H2,1-3H3. The van der Waals surface area contributed by atoms with Crippen LogP contribution in [-0.2, 0) is 4.74 Å². The molecule has 0 aliphatic rings. The van der Waals surface area contributed by atoms with Crippen LogP contribution in [-0.4, -0.2) is 37.6 Å². The van der Waals surface area contributed by atoms with Crippen molar-refractivity contribution in [2.24, 2.45) is 11.7 Å². The van der Waals surface area contributed by atoms with E-state index in [2.05, 4.69) is 5.32 Å². The van der Waals surface area contributed by atoms with Gasteiger partial charge in [0.15, 0.2) is 5.79 Å². The molecule has 0 heterocycles. The van der Waals surface area contributed by atoms with E-state index in [1.807, 2.05) is 14.0 Å². The van der Waals surface area contributed by atoms with Crippen molar-refractivity contribution in [3.05, 3.63) is 0 Å². The summed E-state index contributed by atoms with van der Waals surface area (Å²) in [6.07, 6.45) is 0. The van der Waals surface area contributed by atoms with Gasteiger partial charge in [0, 0.05) is 25.6 Å². The molecule has 0 fully saturated rings. The number of hydrogen-bond donors (Lipinski definition) is 3. The normalized spacial score (nSPS) is 18.8. The first kappa shape index (κ1) is 11.8.